The second-order valence-electron chi connectivity index (χ2n) is 7.32. The highest BCUT2D eigenvalue weighted by molar-refractivity contribution is 5.18. The molecule has 0 aromatic rings. The Morgan fingerprint density at radius 1 is 0.351 bits per heavy atom. The summed E-state index contributed by atoms with van der Waals surface area (Å²) in [6.07, 6.45) is -6.97. The van der Waals surface area contributed by atoms with Crippen molar-refractivity contribution >= 4 is 0 Å². The lowest BCUT2D eigenvalue weighted by Gasteiger charge is -2.45. The van der Waals surface area contributed by atoms with Crippen LogP contribution < -0.4 is 0 Å². The van der Waals surface area contributed by atoms with Crippen molar-refractivity contribution in [2.75, 3.05) is 0 Å². The van der Waals surface area contributed by atoms with Crippen molar-refractivity contribution in [1.82, 2.24) is 0 Å². The van der Waals surface area contributed by atoms with Crippen molar-refractivity contribution in [3.05, 3.63) is 25.3 Å². The Kier molecular flexibility index (Phi) is 8.89. The molecule has 20 heteroatoms. The lowest BCUT2D eigenvalue weighted by Crippen LogP contribution is -2.77. The number of alkyl halides is 20. The summed E-state index contributed by atoms with van der Waals surface area (Å²) in [6.45, 7) is 4.90. The maximum Gasteiger partial charge on any atom is 0.385 e. The molecule has 0 spiro atoms. The molecule has 0 aromatic carbocycles. The van der Waals surface area contributed by atoms with E-state index in [2.05, 4.69) is 13.2 Å². The summed E-state index contributed by atoms with van der Waals surface area (Å²) in [6, 6.07) is 0. The van der Waals surface area contributed by atoms with Gasteiger partial charge in [-0.25, -0.2) is 0 Å². The zero-order valence-corrected chi connectivity index (χ0v) is 17.2. The Morgan fingerprint density at radius 3 is 0.838 bits per heavy atom. The van der Waals surface area contributed by atoms with Gasteiger partial charge >= 0.3 is 59.2 Å². The molecule has 0 bridgehead atoms. The van der Waals surface area contributed by atoms with Crippen molar-refractivity contribution in [3.63, 3.8) is 0 Å². The van der Waals surface area contributed by atoms with Crippen LogP contribution >= 0.6 is 0 Å². The van der Waals surface area contributed by atoms with Gasteiger partial charge in [-0.05, 0) is 6.42 Å². The Morgan fingerprint density at radius 2 is 0.595 bits per heavy atom. The standard InChI is InChI=1S/C17H12F20/c1-3-5-7-9(20,21)11(24,25)13(28,29)15(32,33)17(36,37)16(34,35)14(30,31)12(26,27)10(22,23)8(18,19)6-4-2/h3-4H,1-2,5-7H2. The van der Waals surface area contributed by atoms with Crippen LogP contribution in [0.3, 0.4) is 0 Å². The molecule has 37 heavy (non-hydrogen) atoms. The van der Waals surface area contributed by atoms with Crippen molar-refractivity contribution in [1.29, 1.82) is 0 Å². The summed E-state index contributed by atoms with van der Waals surface area (Å²) in [5.41, 5.74) is 0. The van der Waals surface area contributed by atoms with Crippen LogP contribution in [0.4, 0.5) is 87.8 Å². The average molecular weight is 596 g/mol. The van der Waals surface area contributed by atoms with Gasteiger partial charge in [0.15, 0.2) is 0 Å². The molecular formula is C17H12F20. The van der Waals surface area contributed by atoms with E-state index in [0.29, 0.717) is 0 Å². The third kappa shape index (κ3) is 4.52. The highest BCUT2D eigenvalue weighted by Gasteiger charge is 2.97. The van der Waals surface area contributed by atoms with Gasteiger partial charge in [0.05, 0.1) is 0 Å². The fourth-order valence-corrected chi connectivity index (χ4v) is 2.39. The van der Waals surface area contributed by atoms with E-state index in [9.17, 15) is 87.8 Å². The van der Waals surface area contributed by atoms with Crippen LogP contribution in [-0.4, -0.2) is 59.2 Å². The lowest BCUT2D eigenvalue weighted by atomic mass is 9.84. The molecule has 0 radical (unpaired) electrons. The maximum absolute atomic E-state index is 13.7. The largest absolute Gasteiger partial charge is 0.385 e. The Hall–Kier alpha value is -1.92. The molecule has 0 aromatic heterocycles. The zero-order chi connectivity index (χ0) is 30.5. The Balaban J connectivity index is 7.05. The zero-order valence-electron chi connectivity index (χ0n) is 17.2. The second kappa shape index (κ2) is 9.37. The first-order chi connectivity index (χ1) is 15.9. The molecule has 0 atom stereocenters. The third-order valence-corrected chi connectivity index (χ3v) is 4.74. The van der Waals surface area contributed by atoms with E-state index < -0.39 is 84.6 Å². The molecule has 0 fully saturated rings. The maximum atomic E-state index is 13.7. The molecule has 0 saturated carbocycles. The van der Waals surface area contributed by atoms with Crippen molar-refractivity contribution in [2.24, 2.45) is 0 Å². The van der Waals surface area contributed by atoms with E-state index in [4.69, 9.17) is 0 Å². The monoisotopic (exact) mass is 596 g/mol. The predicted octanol–water partition coefficient (Wildman–Crippen LogP) is 8.88. The van der Waals surface area contributed by atoms with Crippen molar-refractivity contribution in [3.8, 4) is 0 Å². The highest BCUT2D eigenvalue weighted by atomic mass is 19.4. The number of hydrogen-bond donors (Lipinski definition) is 0. The molecule has 0 N–H and O–H groups in total. The molecular weight excluding hydrogens is 584 g/mol. The number of rotatable bonds is 14. The van der Waals surface area contributed by atoms with Crippen LogP contribution in [0.15, 0.2) is 25.3 Å². The van der Waals surface area contributed by atoms with Gasteiger partial charge in [-0.1, -0.05) is 12.2 Å². The van der Waals surface area contributed by atoms with Gasteiger partial charge in [0, 0.05) is 12.8 Å². The average Bonchev–Trinajstić information content (AvgIpc) is 2.70. The topological polar surface area (TPSA) is 0 Å². The Bertz CT molecular complexity index is 836. The summed E-state index contributed by atoms with van der Waals surface area (Å²) in [4.78, 5) is 0. The van der Waals surface area contributed by atoms with E-state index in [1.165, 1.54) is 0 Å². The molecule has 0 amide bonds. The summed E-state index contributed by atoms with van der Waals surface area (Å²) in [5.74, 6) is -81.4. The van der Waals surface area contributed by atoms with Crippen LogP contribution in [0.2, 0.25) is 0 Å². The van der Waals surface area contributed by atoms with Crippen LogP contribution in [0.5, 0.6) is 0 Å². The predicted molar refractivity (Wildman–Crippen MR) is 83.7 cm³/mol. The van der Waals surface area contributed by atoms with Crippen LogP contribution in [0.1, 0.15) is 19.3 Å². The van der Waals surface area contributed by atoms with E-state index in [1.807, 2.05) is 0 Å². The van der Waals surface area contributed by atoms with Gasteiger partial charge in [-0.2, -0.15) is 87.8 Å². The van der Waals surface area contributed by atoms with Gasteiger partial charge in [0.2, 0.25) is 0 Å². The summed E-state index contributed by atoms with van der Waals surface area (Å²) >= 11 is 0. The van der Waals surface area contributed by atoms with E-state index in [-0.39, 0.29) is 6.08 Å². The van der Waals surface area contributed by atoms with Crippen molar-refractivity contribution < 1.29 is 87.8 Å². The van der Waals surface area contributed by atoms with E-state index in [0.717, 1.165) is 0 Å². The molecule has 0 aliphatic heterocycles. The molecule has 0 aliphatic rings. The van der Waals surface area contributed by atoms with Crippen LogP contribution in [-0.2, 0) is 0 Å². The minimum atomic E-state index is -9.00. The number of halogens is 20. The molecule has 0 nitrogen and oxygen atoms in total. The van der Waals surface area contributed by atoms with E-state index >= 15 is 0 Å². The highest BCUT2D eigenvalue weighted by Crippen LogP contribution is 2.66. The minimum Gasteiger partial charge on any atom is -0.200 e. The Labute approximate surface area is 193 Å². The normalized spacial score (nSPS) is 16.1. The first kappa shape index (κ1) is 35.1. The lowest BCUT2D eigenvalue weighted by molar-refractivity contribution is -0.469. The van der Waals surface area contributed by atoms with Gasteiger partial charge in [0.1, 0.15) is 0 Å². The molecule has 0 saturated heterocycles. The summed E-state index contributed by atoms with van der Waals surface area (Å²) < 4.78 is 270. The molecule has 0 heterocycles. The van der Waals surface area contributed by atoms with Gasteiger partial charge in [-0.3, -0.25) is 0 Å². The first-order valence-corrected chi connectivity index (χ1v) is 8.87. The number of allylic oxidation sites excluding steroid dienone is 2. The van der Waals surface area contributed by atoms with Gasteiger partial charge < -0.3 is 0 Å². The molecule has 220 valence electrons. The van der Waals surface area contributed by atoms with Gasteiger partial charge in [-0.15, -0.1) is 13.2 Å². The molecule has 0 rings (SSSR count). The first-order valence-electron chi connectivity index (χ1n) is 8.87. The molecule has 0 aliphatic carbocycles. The quantitative estimate of drug-likeness (QED) is 0.139. The number of hydrogen-bond acceptors (Lipinski definition) is 0. The molecule has 0 unspecified atom stereocenters. The third-order valence-electron chi connectivity index (χ3n) is 4.74. The van der Waals surface area contributed by atoms with Crippen LogP contribution in [0, 0.1) is 0 Å². The smallest absolute Gasteiger partial charge is 0.200 e. The van der Waals surface area contributed by atoms with Crippen molar-refractivity contribution in [2.45, 2.75) is 78.5 Å². The fraction of sp³-hybridized carbons (Fsp3) is 0.765. The van der Waals surface area contributed by atoms with Gasteiger partial charge in [0.25, 0.3) is 0 Å². The second-order valence-corrected chi connectivity index (χ2v) is 7.32. The van der Waals surface area contributed by atoms with Crippen LogP contribution in [0.25, 0.3) is 0 Å². The summed E-state index contributed by atoms with van der Waals surface area (Å²) in [7, 11) is 0. The van der Waals surface area contributed by atoms with E-state index in [1.54, 1.807) is 0 Å². The summed E-state index contributed by atoms with van der Waals surface area (Å²) in [5, 5.41) is 0. The SMILES string of the molecule is C=CCCC(F)(F)C(F)(F)C(F)(F)C(F)(F)C(F)(F)C(F)(F)C(F)(F)C(F)(F)C(F)(F)C(F)(F)CC=C. The fourth-order valence-electron chi connectivity index (χ4n) is 2.39. The minimum absolute atomic E-state index is 0.258.